The molecule has 3 aromatic rings. The standard InChI is InChI=1S/C18H16F3N5O3S/c1-28-17-15(26-14(9-23-17)25-12-8-24-30-10-12)16(27)22-7-6-11-2-4-13(5-3-11)29-18(19,20)21/h2-5,8-10H,6-7H2,1H3,(H,22,27)(H,25,26). The van der Waals surface area contributed by atoms with E-state index in [2.05, 4.69) is 29.7 Å². The summed E-state index contributed by atoms with van der Waals surface area (Å²) in [4.78, 5) is 20.8. The van der Waals surface area contributed by atoms with Crippen molar-refractivity contribution in [3.8, 4) is 11.6 Å². The Morgan fingerprint density at radius 1 is 1.20 bits per heavy atom. The van der Waals surface area contributed by atoms with Crippen LogP contribution in [0.2, 0.25) is 0 Å². The van der Waals surface area contributed by atoms with Gasteiger partial charge < -0.3 is 20.1 Å². The van der Waals surface area contributed by atoms with E-state index in [1.807, 2.05) is 0 Å². The van der Waals surface area contributed by atoms with Crippen LogP contribution in [0.25, 0.3) is 0 Å². The molecule has 158 valence electrons. The first-order valence-electron chi connectivity index (χ1n) is 8.54. The second-order valence-electron chi connectivity index (χ2n) is 5.85. The lowest BCUT2D eigenvalue weighted by Crippen LogP contribution is -2.27. The number of anilines is 2. The number of nitrogens with zero attached hydrogens (tertiary/aromatic N) is 3. The van der Waals surface area contributed by atoms with Gasteiger partial charge in [-0.25, -0.2) is 9.97 Å². The molecule has 0 radical (unpaired) electrons. The Balaban J connectivity index is 1.58. The van der Waals surface area contributed by atoms with E-state index in [4.69, 9.17) is 4.74 Å². The molecule has 2 N–H and O–H groups in total. The van der Waals surface area contributed by atoms with Gasteiger partial charge >= 0.3 is 6.36 Å². The highest BCUT2D eigenvalue weighted by Crippen LogP contribution is 2.23. The van der Waals surface area contributed by atoms with Crippen molar-refractivity contribution in [1.82, 2.24) is 19.7 Å². The summed E-state index contributed by atoms with van der Waals surface area (Å²) >= 11 is 1.26. The summed E-state index contributed by atoms with van der Waals surface area (Å²) in [6, 6.07) is 5.42. The highest BCUT2D eigenvalue weighted by atomic mass is 32.1. The Kier molecular flexibility index (Phi) is 6.67. The first kappa shape index (κ1) is 21.3. The van der Waals surface area contributed by atoms with Gasteiger partial charge in [0.15, 0.2) is 5.69 Å². The van der Waals surface area contributed by atoms with Gasteiger partial charge in [0.2, 0.25) is 5.88 Å². The lowest BCUT2D eigenvalue weighted by atomic mass is 10.1. The van der Waals surface area contributed by atoms with Gasteiger partial charge in [0.1, 0.15) is 11.6 Å². The molecule has 0 bridgehead atoms. The summed E-state index contributed by atoms with van der Waals surface area (Å²) in [7, 11) is 1.38. The average molecular weight is 439 g/mol. The number of rotatable bonds is 8. The van der Waals surface area contributed by atoms with Crippen LogP contribution in [0.3, 0.4) is 0 Å². The molecule has 0 aliphatic heterocycles. The van der Waals surface area contributed by atoms with Crippen molar-refractivity contribution in [1.29, 1.82) is 0 Å². The Morgan fingerprint density at radius 3 is 2.60 bits per heavy atom. The Hall–Kier alpha value is -3.41. The fourth-order valence-corrected chi connectivity index (χ4v) is 2.88. The van der Waals surface area contributed by atoms with E-state index in [-0.39, 0.29) is 23.9 Å². The van der Waals surface area contributed by atoms with Crippen LogP contribution in [-0.4, -0.2) is 40.3 Å². The number of halogens is 3. The minimum absolute atomic E-state index is 0.000357. The maximum Gasteiger partial charge on any atom is 0.573 e. The smallest absolute Gasteiger partial charge is 0.479 e. The monoisotopic (exact) mass is 439 g/mol. The van der Waals surface area contributed by atoms with E-state index < -0.39 is 12.3 Å². The molecule has 2 aromatic heterocycles. The van der Waals surface area contributed by atoms with Gasteiger partial charge in [-0.05, 0) is 35.6 Å². The molecule has 2 heterocycles. The van der Waals surface area contributed by atoms with Crippen LogP contribution in [-0.2, 0) is 6.42 Å². The predicted octanol–water partition coefficient (Wildman–Crippen LogP) is 3.56. The normalized spacial score (nSPS) is 11.1. The van der Waals surface area contributed by atoms with Crippen LogP contribution < -0.4 is 20.1 Å². The molecule has 0 atom stereocenters. The lowest BCUT2D eigenvalue weighted by Gasteiger charge is -2.11. The number of ether oxygens (including phenoxy) is 2. The van der Waals surface area contributed by atoms with Crippen molar-refractivity contribution in [2.75, 3.05) is 19.0 Å². The maximum absolute atomic E-state index is 12.5. The minimum Gasteiger partial charge on any atom is -0.479 e. The van der Waals surface area contributed by atoms with E-state index in [0.717, 1.165) is 5.56 Å². The summed E-state index contributed by atoms with van der Waals surface area (Å²) in [5.74, 6) is -0.388. The molecular formula is C18H16F3N5O3S. The number of alkyl halides is 3. The Morgan fingerprint density at radius 2 is 1.97 bits per heavy atom. The molecule has 0 spiro atoms. The first-order chi connectivity index (χ1) is 14.3. The van der Waals surface area contributed by atoms with Gasteiger partial charge in [-0.2, -0.15) is 4.37 Å². The number of carbonyl (C=O) groups excluding carboxylic acids is 1. The second-order valence-corrected chi connectivity index (χ2v) is 6.51. The number of nitrogens with one attached hydrogen (secondary N) is 2. The van der Waals surface area contributed by atoms with E-state index in [0.29, 0.717) is 17.9 Å². The number of methoxy groups -OCH3 is 1. The Labute approximate surface area is 173 Å². The van der Waals surface area contributed by atoms with Crippen LogP contribution in [0.4, 0.5) is 24.7 Å². The zero-order valence-electron chi connectivity index (χ0n) is 15.6. The molecule has 0 aliphatic rings. The maximum atomic E-state index is 12.5. The molecule has 0 fully saturated rings. The predicted molar refractivity (Wildman–Crippen MR) is 103 cm³/mol. The van der Waals surface area contributed by atoms with Crippen molar-refractivity contribution >= 4 is 28.9 Å². The van der Waals surface area contributed by atoms with Crippen LogP contribution in [0.15, 0.2) is 42.0 Å². The number of amides is 1. The third kappa shape index (κ3) is 6.04. The van der Waals surface area contributed by atoms with Gasteiger partial charge in [-0.1, -0.05) is 12.1 Å². The van der Waals surface area contributed by atoms with Crippen molar-refractivity contribution in [3.05, 3.63) is 53.3 Å². The van der Waals surface area contributed by atoms with Crippen LogP contribution in [0.1, 0.15) is 16.1 Å². The fourth-order valence-electron chi connectivity index (χ4n) is 2.41. The van der Waals surface area contributed by atoms with Crippen LogP contribution in [0.5, 0.6) is 11.6 Å². The molecule has 0 unspecified atom stereocenters. The summed E-state index contributed by atoms with van der Waals surface area (Å²) < 4.78 is 49.5. The van der Waals surface area contributed by atoms with E-state index in [9.17, 15) is 18.0 Å². The lowest BCUT2D eigenvalue weighted by molar-refractivity contribution is -0.274. The largest absolute Gasteiger partial charge is 0.573 e. The quantitative estimate of drug-likeness (QED) is 0.554. The van der Waals surface area contributed by atoms with Crippen LogP contribution >= 0.6 is 11.5 Å². The van der Waals surface area contributed by atoms with Gasteiger partial charge in [-0.3, -0.25) is 4.79 Å². The Bertz CT molecular complexity index is 982. The zero-order valence-corrected chi connectivity index (χ0v) is 16.4. The van der Waals surface area contributed by atoms with Gasteiger partial charge in [-0.15, -0.1) is 13.2 Å². The number of hydrogen-bond acceptors (Lipinski definition) is 8. The third-order valence-corrected chi connectivity index (χ3v) is 4.29. The second kappa shape index (κ2) is 9.39. The molecule has 3 rings (SSSR count). The van der Waals surface area contributed by atoms with Crippen molar-refractivity contribution in [2.24, 2.45) is 0 Å². The molecule has 0 aliphatic carbocycles. The summed E-state index contributed by atoms with van der Waals surface area (Å²) in [6.45, 7) is 0.231. The van der Waals surface area contributed by atoms with E-state index in [1.165, 1.54) is 49.1 Å². The fraction of sp³-hybridized carbons (Fsp3) is 0.222. The van der Waals surface area contributed by atoms with Crippen LogP contribution in [0, 0.1) is 0 Å². The number of carbonyl (C=O) groups is 1. The minimum atomic E-state index is -4.74. The summed E-state index contributed by atoms with van der Waals surface area (Å²) in [6.07, 6.45) is -1.30. The first-order valence-corrected chi connectivity index (χ1v) is 9.38. The molecule has 12 heteroatoms. The van der Waals surface area contributed by atoms with Crippen molar-refractivity contribution < 1.29 is 27.4 Å². The SMILES string of the molecule is COc1ncc(Nc2cnsc2)nc1C(=O)NCCc1ccc(OC(F)(F)F)cc1. The van der Waals surface area contributed by atoms with Gasteiger partial charge in [0.05, 0.1) is 25.2 Å². The van der Waals surface area contributed by atoms with E-state index in [1.54, 1.807) is 11.6 Å². The highest BCUT2D eigenvalue weighted by molar-refractivity contribution is 7.04. The molecule has 1 amide bonds. The van der Waals surface area contributed by atoms with Gasteiger partial charge in [0.25, 0.3) is 5.91 Å². The topological polar surface area (TPSA) is 98.3 Å². The van der Waals surface area contributed by atoms with Gasteiger partial charge in [0, 0.05) is 11.9 Å². The average Bonchev–Trinajstić information content (AvgIpc) is 3.21. The zero-order chi connectivity index (χ0) is 21.6. The third-order valence-electron chi connectivity index (χ3n) is 3.71. The van der Waals surface area contributed by atoms with Crippen molar-refractivity contribution in [3.63, 3.8) is 0 Å². The van der Waals surface area contributed by atoms with E-state index >= 15 is 0 Å². The number of aromatic nitrogens is 3. The molecule has 8 nitrogen and oxygen atoms in total. The molecule has 30 heavy (non-hydrogen) atoms. The molecule has 1 aromatic carbocycles. The summed E-state index contributed by atoms with van der Waals surface area (Å²) in [5, 5.41) is 7.45. The number of hydrogen-bond donors (Lipinski definition) is 2. The summed E-state index contributed by atoms with van der Waals surface area (Å²) in [5.41, 5.74) is 1.44. The highest BCUT2D eigenvalue weighted by Gasteiger charge is 2.30. The molecule has 0 saturated carbocycles. The van der Waals surface area contributed by atoms with Crippen molar-refractivity contribution in [2.45, 2.75) is 12.8 Å². The number of benzene rings is 1. The molecular weight excluding hydrogens is 423 g/mol. The molecule has 0 saturated heterocycles.